The molecule has 2 aromatic rings. The summed E-state index contributed by atoms with van der Waals surface area (Å²) in [6, 6.07) is 8.53. The molecular weight excluding hydrogens is 292 g/mol. The molecule has 0 bridgehead atoms. The fraction of sp³-hybridized carbons (Fsp3) is 0.318. The van der Waals surface area contributed by atoms with Crippen LogP contribution in [-0.2, 0) is 6.42 Å². The summed E-state index contributed by atoms with van der Waals surface area (Å²) in [4.78, 5) is 0. The van der Waals surface area contributed by atoms with Gasteiger partial charge in [0.15, 0.2) is 0 Å². The van der Waals surface area contributed by atoms with E-state index in [-0.39, 0.29) is 0 Å². The Morgan fingerprint density at radius 2 is 1.21 bits per heavy atom. The summed E-state index contributed by atoms with van der Waals surface area (Å²) < 4.78 is 0. The lowest BCUT2D eigenvalue weighted by Gasteiger charge is -2.16. The minimum Gasteiger partial charge on any atom is -0.304 e. The zero-order valence-electron chi connectivity index (χ0n) is 15.5. The topological polar surface area (TPSA) is 47.7 Å². The third-order valence-corrected chi connectivity index (χ3v) is 4.55. The number of nitrogens with one attached hydrogen (secondary N) is 2. The van der Waals surface area contributed by atoms with Gasteiger partial charge in [0, 0.05) is 6.42 Å². The number of benzene rings is 2. The first-order chi connectivity index (χ1) is 11.2. The zero-order chi connectivity index (χ0) is 18.0. The Hall–Kier alpha value is -2.44. The molecule has 0 aliphatic heterocycles. The lowest BCUT2D eigenvalue weighted by Crippen LogP contribution is -2.10. The van der Waals surface area contributed by atoms with E-state index in [1.165, 1.54) is 27.8 Å². The number of hydrogen-bond acceptors (Lipinski definition) is 2. The molecule has 0 atom stereocenters. The van der Waals surface area contributed by atoms with E-state index in [1.54, 1.807) is 0 Å². The van der Waals surface area contributed by atoms with E-state index in [0.29, 0.717) is 17.7 Å². The summed E-state index contributed by atoms with van der Waals surface area (Å²) in [5.74, 6) is 2.53. The molecule has 0 aliphatic carbocycles. The summed E-state index contributed by atoms with van der Waals surface area (Å²) in [5.41, 5.74) is 10.3. The highest BCUT2D eigenvalue weighted by Crippen LogP contribution is 2.26. The van der Waals surface area contributed by atoms with E-state index < -0.39 is 0 Å². The van der Waals surface area contributed by atoms with Crippen LogP contribution in [0.15, 0.2) is 24.3 Å². The van der Waals surface area contributed by atoms with Crippen LogP contribution in [0.1, 0.15) is 44.5 Å². The van der Waals surface area contributed by atoms with Crippen molar-refractivity contribution in [3.05, 3.63) is 68.8 Å². The van der Waals surface area contributed by atoms with Gasteiger partial charge in [-0.2, -0.15) is 0 Å². The lowest BCUT2D eigenvalue weighted by atomic mass is 9.88. The molecule has 0 spiro atoms. The summed E-state index contributed by atoms with van der Waals surface area (Å²) in [6.45, 7) is 12.4. The van der Waals surface area contributed by atoms with Crippen LogP contribution in [0, 0.1) is 52.4 Å². The predicted molar refractivity (Wildman–Crippen MR) is 104 cm³/mol. The van der Waals surface area contributed by atoms with Crippen LogP contribution in [0.3, 0.4) is 0 Å². The van der Waals surface area contributed by atoms with E-state index >= 15 is 0 Å². The van der Waals surface area contributed by atoms with Gasteiger partial charge < -0.3 is 5.41 Å². The molecule has 0 heterocycles. The minimum atomic E-state index is 0.454. The maximum Gasteiger partial charge on any atom is 0.0642 e. The molecule has 0 aromatic heterocycles. The average molecular weight is 318 g/mol. The molecule has 24 heavy (non-hydrogen) atoms. The fourth-order valence-electron chi connectivity index (χ4n) is 3.62. The molecule has 124 valence electrons. The maximum atomic E-state index is 8.60. The average Bonchev–Trinajstić information content (AvgIpc) is 2.46. The van der Waals surface area contributed by atoms with Crippen LogP contribution < -0.4 is 0 Å². The molecule has 2 N–H and O–H groups in total. The van der Waals surface area contributed by atoms with Crippen molar-refractivity contribution in [3.63, 3.8) is 0 Å². The molecule has 2 aromatic carbocycles. The van der Waals surface area contributed by atoms with Crippen LogP contribution >= 0.6 is 0 Å². The Labute approximate surface area is 145 Å². The predicted octanol–water partition coefficient (Wildman–Crippen LogP) is 5.43. The summed E-state index contributed by atoms with van der Waals surface area (Å²) >= 11 is 0. The van der Waals surface area contributed by atoms with Gasteiger partial charge >= 0.3 is 0 Å². The quantitative estimate of drug-likeness (QED) is 0.706. The van der Waals surface area contributed by atoms with Gasteiger partial charge in [0.2, 0.25) is 0 Å². The van der Waals surface area contributed by atoms with Gasteiger partial charge in [-0.15, -0.1) is 0 Å². The van der Waals surface area contributed by atoms with Gasteiger partial charge in [0.25, 0.3) is 0 Å². The van der Waals surface area contributed by atoms with Gasteiger partial charge in [-0.25, -0.2) is 0 Å². The monoisotopic (exact) mass is 318 g/mol. The Balaban J connectivity index is 2.44. The van der Waals surface area contributed by atoms with Crippen molar-refractivity contribution in [1.29, 1.82) is 10.8 Å². The van der Waals surface area contributed by atoms with E-state index in [9.17, 15) is 0 Å². The summed E-state index contributed by atoms with van der Waals surface area (Å²) in [5, 5.41) is 16.3. The van der Waals surface area contributed by atoms with Crippen molar-refractivity contribution in [2.75, 3.05) is 0 Å². The van der Waals surface area contributed by atoms with Gasteiger partial charge in [0.1, 0.15) is 0 Å². The zero-order valence-corrected chi connectivity index (χ0v) is 15.5. The minimum absolute atomic E-state index is 0.454. The lowest BCUT2D eigenvalue weighted by molar-refractivity contribution is 1.17. The fourth-order valence-corrected chi connectivity index (χ4v) is 3.62. The van der Waals surface area contributed by atoms with Crippen molar-refractivity contribution in [3.8, 4) is 0 Å². The molecule has 2 heteroatoms. The molecular formula is C22H26N2. The Kier molecular flexibility index (Phi) is 5.21. The molecule has 0 aliphatic rings. The molecule has 0 amide bonds. The highest BCUT2D eigenvalue weighted by Gasteiger charge is 2.16. The standard InChI is InChI=1S/C22H26N2/c1-13-7-15(3)19(16(4)8-13)11-21(24)20(12-23)22-17(5)9-14(2)10-18(22)6/h7-10,23-24H,11H2,1-6H3. The molecule has 2 rings (SSSR count). The number of hydrogen-bond donors (Lipinski definition) is 2. The molecule has 0 unspecified atom stereocenters. The summed E-state index contributed by atoms with van der Waals surface area (Å²) in [6.07, 6.45) is 0.534. The van der Waals surface area contributed by atoms with Crippen LogP contribution in [0.2, 0.25) is 0 Å². The number of aryl methyl sites for hydroxylation is 6. The van der Waals surface area contributed by atoms with Crippen molar-refractivity contribution in [1.82, 2.24) is 0 Å². The van der Waals surface area contributed by atoms with E-state index in [2.05, 4.69) is 57.8 Å². The Morgan fingerprint density at radius 3 is 1.62 bits per heavy atom. The van der Waals surface area contributed by atoms with Crippen LogP contribution in [0.5, 0.6) is 0 Å². The van der Waals surface area contributed by atoms with Gasteiger partial charge in [0.05, 0.1) is 11.3 Å². The Bertz CT molecular complexity index is 820. The SMILES string of the molecule is Cc1cc(C)c(CC(=N)C(=C=N)c2c(C)cc(C)cc2C)c(C)c1. The Morgan fingerprint density at radius 1 is 0.792 bits per heavy atom. The molecule has 0 radical (unpaired) electrons. The first-order valence-electron chi connectivity index (χ1n) is 8.27. The second kappa shape index (κ2) is 6.98. The molecule has 0 saturated carbocycles. The van der Waals surface area contributed by atoms with Crippen molar-refractivity contribution < 1.29 is 0 Å². The molecule has 2 nitrogen and oxygen atoms in total. The third kappa shape index (κ3) is 3.55. The normalized spacial score (nSPS) is 10.4. The largest absolute Gasteiger partial charge is 0.304 e. The first kappa shape index (κ1) is 17.9. The number of rotatable bonds is 4. The highest BCUT2D eigenvalue weighted by molar-refractivity contribution is 6.31. The second-order valence-electron chi connectivity index (χ2n) is 6.81. The molecule has 0 saturated heterocycles. The molecule has 0 fully saturated rings. The maximum absolute atomic E-state index is 8.60. The third-order valence-electron chi connectivity index (χ3n) is 4.55. The van der Waals surface area contributed by atoms with Gasteiger partial charge in [-0.1, -0.05) is 35.4 Å². The van der Waals surface area contributed by atoms with E-state index in [1.807, 2.05) is 13.8 Å². The summed E-state index contributed by atoms with van der Waals surface area (Å²) in [7, 11) is 0. The smallest absolute Gasteiger partial charge is 0.0642 e. The van der Waals surface area contributed by atoms with Crippen LogP contribution in [0.4, 0.5) is 0 Å². The van der Waals surface area contributed by atoms with E-state index in [4.69, 9.17) is 10.8 Å². The van der Waals surface area contributed by atoms with Gasteiger partial charge in [-0.05, 0) is 80.8 Å². The van der Waals surface area contributed by atoms with Gasteiger partial charge in [-0.3, -0.25) is 5.41 Å². The van der Waals surface area contributed by atoms with Crippen LogP contribution in [-0.4, -0.2) is 11.6 Å². The second-order valence-corrected chi connectivity index (χ2v) is 6.81. The van der Waals surface area contributed by atoms with Crippen molar-refractivity contribution in [2.24, 2.45) is 0 Å². The van der Waals surface area contributed by atoms with Crippen molar-refractivity contribution in [2.45, 2.75) is 48.0 Å². The van der Waals surface area contributed by atoms with E-state index in [0.717, 1.165) is 16.7 Å². The number of allylic oxidation sites excluding steroid dienone is 1. The first-order valence-corrected chi connectivity index (χ1v) is 8.27. The van der Waals surface area contributed by atoms with Crippen molar-refractivity contribution >= 4 is 17.2 Å². The van der Waals surface area contributed by atoms with Crippen LogP contribution in [0.25, 0.3) is 5.57 Å². The highest BCUT2D eigenvalue weighted by atomic mass is 14.4.